The Morgan fingerprint density at radius 3 is 2.28 bits per heavy atom. The van der Waals surface area contributed by atoms with Crippen molar-refractivity contribution in [3.8, 4) is 0 Å². The molecule has 1 fully saturated rings. The van der Waals surface area contributed by atoms with Gasteiger partial charge in [-0.1, -0.05) is 30.3 Å². The van der Waals surface area contributed by atoms with E-state index in [1.165, 1.54) is 25.9 Å². The Morgan fingerprint density at radius 1 is 0.906 bits per heavy atom. The molecule has 32 heavy (non-hydrogen) atoms. The number of benzene rings is 2. The number of unbranched alkanes of at least 4 members (excludes halogenated alkanes) is 1. The smallest absolute Gasteiger partial charge is 0.251 e. The molecule has 1 aliphatic heterocycles. The van der Waals surface area contributed by atoms with Crippen LogP contribution in [0.1, 0.15) is 41.6 Å². The molecule has 8 heteroatoms. The average molecular weight is 458 g/mol. The highest BCUT2D eigenvalue weighted by molar-refractivity contribution is 7.91. The van der Waals surface area contributed by atoms with Crippen LogP contribution in [0.3, 0.4) is 0 Å². The lowest BCUT2D eigenvalue weighted by Gasteiger charge is -2.14. The van der Waals surface area contributed by atoms with E-state index >= 15 is 0 Å². The summed E-state index contributed by atoms with van der Waals surface area (Å²) < 4.78 is 24.7. The molecule has 2 amide bonds. The lowest BCUT2D eigenvalue weighted by Crippen LogP contribution is -2.26. The van der Waals surface area contributed by atoms with E-state index < -0.39 is 21.5 Å². The Balaban J connectivity index is 1.40. The lowest BCUT2D eigenvalue weighted by atomic mass is 10.1. The second-order valence-electron chi connectivity index (χ2n) is 8.16. The predicted molar refractivity (Wildman–Crippen MR) is 126 cm³/mol. The number of nitrogens with one attached hydrogen (secondary N) is 2. The fourth-order valence-corrected chi connectivity index (χ4v) is 5.02. The van der Waals surface area contributed by atoms with Gasteiger partial charge in [-0.05, 0) is 75.1 Å². The fourth-order valence-electron chi connectivity index (χ4n) is 3.75. The van der Waals surface area contributed by atoms with Crippen LogP contribution in [0.2, 0.25) is 0 Å². The van der Waals surface area contributed by atoms with E-state index in [4.69, 9.17) is 0 Å². The van der Waals surface area contributed by atoms with Crippen LogP contribution in [0, 0.1) is 0 Å². The Bertz CT molecular complexity index is 986. The van der Waals surface area contributed by atoms with Crippen molar-refractivity contribution in [2.75, 3.05) is 37.2 Å². The van der Waals surface area contributed by atoms with Crippen molar-refractivity contribution in [1.82, 2.24) is 10.2 Å². The van der Waals surface area contributed by atoms with Crippen molar-refractivity contribution >= 4 is 27.3 Å². The number of hydrogen-bond donors (Lipinski definition) is 2. The number of rotatable bonds is 11. The third kappa shape index (κ3) is 8.09. The standard InChI is InChI=1S/C24H31N3O4S/c28-23(26-22-8-2-1-3-9-22)19-32(30,31)18-20-10-12-21(13-11-20)24(29)25-14-4-5-15-27-16-6-7-17-27/h1-3,8-13H,4-7,14-19H2,(H,25,29)(H,26,28). The molecule has 7 nitrogen and oxygen atoms in total. The maximum absolute atomic E-state index is 12.4. The molecule has 0 bridgehead atoms. The van der Waals surface area contributed by atoms with Gasteiger partial charge in [-0.15, -0.1) is 0 Å². The number of sulfone groups is 1. The number of amides is 2. The number of nitrogens with zero attached hydrogens (tertiary/aromatic N) is 1. The molecule has 0 spiro atoms. The zero-order valence-electron chi connectivity index (χ0n) is 18.3. The summed E-state index contributed by atoms with van der Waals surface area (Å²) >= 11 is 0. The molecule has 2 aromatic rings. The third-order valence-electron chi connectivity index (χ3n) is 5.40. The molecule has 0 unspecified atom stereocenters. The molecule has 1 aliphatic rings. The Morgan fingerprint density at radius 2 is 1.59 bits per heavy atom. The third-order valence-corrected chi connectivity index (χ3v) is 6.87. The molecule has 0 atom stereocenters. The minimum atomic E-state index is -3.63. The van der Waals surface area contributed by atoms with Crippen LogP contribution < -0.4 is 10.6 Å². The molecule has 0 saturated carbocycles. The van der Waals surface area contributed by atoms with Gasteiger partial charge in [0.15, 0.2) is 9.84 Å². The van der Waals surface area contributed by atoms with Crippen molar-refractivity contribution in [2.24, 2.45) is 0 Å². The van der Waals surface area contributed by atoms with Gasteiger partial charge in [0.2, 0.25) is 5.91 Å². The first-order chi connectivity index (χ1) is 15.4. The number of anilines is 1. The second kappa shape index (κ2) is 11.8. The van der Waals surface area contributed by atoms with Crippen molar-refractivity contribution < 1.29 is 18.0 Å². The molecule has 172 valence electrons. The number of para-hydroxylation sites is 1. The molecule has 1 saturated heterocycles. The average Bonchev–Trinajstić information content (AvgIpc) is 3.27. The van der Waals surface area contributed by atoms with Crippen LogP contribution in [-0.2, 0) is 20.4 Å². The largest absolute Gasteiger partial charge is 0.352 e. The molecule has 2 aromatic carbocycles. The van der Waals surface area contributed by atoms with E-state index in [2.05, 4.69) is 15.5 Å². The molecule has 2 N–H and O–H groups in total. The van der Waals surface area contributed by atoms with E-state index in [1.54, 1.807) is 48.5 Å². The summed E-state index contributed by atoms with van der Waals surface area (Å²) in [4.78, 5) is 26.8. The van der Waals surface area contributed by atoms with Gasteiger partial charge in [0.25, 0.3) is 5.91 Å². The van der Waals surface area contributed by atoms with Gasteiger partial charge < -0.3 is 15.5 Å². The number of carbonyl (C=O) groups excluding carboxylic acids is 2. The van der Waals surface area contributed by atoms with Gasteiger partial charge in [0, 0.05) is 17.8 Å². The molecule has 1 heterocycles. The maximum atomic E-state index is 12.4. The highest BCUT2D eigenvalue weighted by atomic mass is 32.2. The van der Waals surface area contributed by atoms with Crippen LogP contribution in [0.4, 0.5) is 5.69 Å². The Hall–Kier alpha value is -2.71. The molecule has 0 aliphatic carbocycles. The lowest BCUT2D eigenvalue weighted by molar-refractivity contribution is -0.113. The van der Waals surface area contributed by atoms with Gasteiger partial charge in [-0.2, -0.15) is 0 Å². The number of hydrogen-bond acceptors (Lipinski definition) is 5. The van der Waals surface area contributed by atoms with E-state index in [0.717, 1.165) is 19.4 Å². The highest BCUT2D eigenvalue weighted by Crippen LogP contribution is 2.11. The monoisotopic (exact) mass is 457 g/mol. The summed E-state index contributed by atoms with van der Waals surface area (Å²) in [5, 5.41) is 5.49. The first kappa shape index (κ1) is 23.9. The zero-order chi connectivity index (χ0) is 22.8. The maximum Gasteiger partial charge on any atom is 0.251 e. The van der Waals surface area contributed by atoms with E-state index in [1.807, 2.05) is 6.07 Å². The first-order valence-corrected chi connectivity index (χ1v) is 12.9. The van der Waals surface area contributed by atoms with Crippen molar-refractivity contribution in [3.05, 3.63) is 65.7 Å². The van der Waals surface area contributed by atoms with Gasteiger partial charge in [0.05, 0.1) is 5.75 Å². The molecular weight excluding hydrogens is 426 g/mol. The first-order valence-electron chi connectivity index (χ1n) is 11.1. The summed E-state index contributed by atoms with van der Waals surface area (Å²) in [6, 6.07) is 15.2. The molecule has 0 aromatic heterocycles. The molecule has 3 rings (SSSR count). The molecule has 0 radical (unpaired) electrons. The predicted octanol–water partition coefficient (Wildman–Crippen LogP) is 2.85. The van der Waals surface area contributed by atoms with Crippen LogP contribution in [0.15, 0.2) is 54.6 Å². The summed E-state index contributed by atoms with van der Waals surface area (Å²) in [7, 11) is -3.63. The summed E-state index contributed by atoms with van der Waals surface area (Å²) in [5.74, 6) is -1.59. The van der Waals surface area contributed by atoms with Gasteiger partial charge >= 0.3 is 0 Å². The van der Waals surface area contributed by atoms with Crippen molar-refractivity contribution in [2.45, 2.75) is 31.4 Å². The van der Waals surface area contributed by atoms with Crippen LogP contribution >= 0.6 is 0 Å². The van der Waals surface area contributed by atoms with Crippen LogP contribution in [0.25, 0.3) is 0 Å². The summed E-state index contributed by atoms with van der Waals surface area (Å²) in [6.45, 7) is 4.08. The van der Waals surface area contributed by atoms with Gasteiger partial charge in [0.1, 0.15) is 5.75 Å². The van der Waals surface area contributed by atoms with E-state index in [-0.39, 0.29) is 11.7 Å². The Labute approximate surface area is 190 Å². The van der Waals surface area contributed by atoms with Crippen LogP contribution in [0.5, 0.6) is 0 Å². The van der Waals surface area contributed by atoms with Gasteiger partial charge in [-0.25, -0.2) is 8.42 Å². The van der Waals surface area contributed by atoms with Crippen LogP contribution in [-0.4, -0.2) is 57.1 Å². The summed E-state index contributed by atoms with van der Waals surface area (Å²) in [5.41, 5.74) is 1.59. The fraction of sp³-hybridized carbons (Fsp3) is 0.417. The highest BCUT2D eigenvalue weighted by Gasteiger charge is 2.18. The normalized spacial score (nSPS) is 14.2. The Kier molecular flexibility index (Phi) is 8.81. The van der Waals surface area contributed by atoms with E-state index in [0.29, 0.717) is 23.4 Å². The van der Waals surface area contributed by atoms with Gasteiger partial charge in [-0.3, -0.25) is 9.59 Å². The quantitative estimate of drug-likeness (QED) is 0.506. The topological polar surface area (TPSA) is 95.6 Å². The van der Waals surface area contributed by atoms with E-state index in [9.17, 15) is 18.0 Å². The molecular formula is C24H31N3O4S. The second-order valence-corrected chi connectivity index (χ2v) is 10.2. The zero-order valence-corrected chi connectivity index (χ0v) is 19.1. The van der Waals surface area contributed by atoms with Crippen molar-refractivity contribution in [1.29, 1.82) is 0 Å². The number of likely N-dealkylation sites (tertiary alicyclic amines) is 1. The summed E-state index contributed by atoms with van der Waals surface area (Å²) in [6.07, 6.45) is 4.57. The minimum Gasteiger partial charge on any atom is -0.352 e. The minimum absolute atomic E-state index is 0.164. The SMILES string of the molecule is O=C(CS(=O)(=O)Cc1ccc(C(=O)NCCCCN2CCCC2)cc1)Nc1ccccc1. The van der Waals surface area contributed by atoms with Crippen molar-refractivity contribution in [3.63, 3.8) is 0 Å². The number of carbonyl (C=O) groups is 2.